The highest BCUT2D eigenvalue weighted by atomic mass is 24.3. The molecule has 1 fully saturated rings. The molecule has 0 aliphatic carbocycles. The quantitative estimate of drug-likeness (QED) is 0.399. The minimum Gasteiger partial charge on any atom is -0.356 e. The van der Waals surface area contributed by atoms with Crippen molar-refractivity contribution in [3.05, 3.63) is 0 Å². The van der Waals surface area contributed by atoms with Crippen LogP contribution in [0.2, 0.25) is 0 Å². The second-order valence-electron chi connectivity index (χ2n) is 1.45. The van der Waals surface area contributed by atoms with E-state index in [1.165, 1.54) is 0 Å². The van der Waals surface area contributed by atoms with Gasteiger partial charge in [-0.1, -0.05) is 0 Å². The van der Waals surface area contributed by atoms with Crippen molar-refractivity contribution >= 4 is 29.0 Å². The predicted octanol–water partition coefficient (Wildman–Crippen LogP) is -1.02. The van der Waals surface area contributed by atoms with E-state index in [1.54, 1.807) is 0 Å². The van der Waals surface area contributed by atoms with Crippen molar-refractivity contribution in [3.8, 4) is 0 Å². The van der Waals surface area contributed by atoms with Crippen LogP contribution in [0.15, 0.2) is 0 Å². The zero-order chi connectivity index (χ0) is 4.41. The zero-order valence-corrected chi connectivity index (χ0v) is 3.53. The van der Waals surface area contributed by atoms with Crippen LogP contribution in [-0.4, -0.2) is 35.5 Å². The van der Waals surface area contributed by atoms with Gasteiger partial charge in [0.1, 0.15) is 0 Å². The lowest BCUT2D eigenvalue weighted by molar-refractivity contribution is -0.119. The SMILES string of the molecule is O=C1CCCN1.[MgH2]. The topological polar surface area (TPSA) is 29.1 Å². The van der Waals surface area contributed by atoms with Crippen molar-refractivity contribution in [1.82, 2.24) is 5.32 Å². The Balaban J connectivity index is 0.000000360. The van der Waals surface area contributed by atoms with E-state index in [0.717, 1.165) is 19.4 Å². The minimum absolute atomic E-state index is 0. The summed E-state index contributed by atoms with van der Waals surface area (Å²) in [6, 6.07) is 0. The molecule has 1 aliphatic heterocycles. The van der Waals surface area contributed by atoms with Crippen LogP contribution in [0.25, 0.3) is 0 Å². The molecule has 0 saturated carbocycles. The van der Waals surface area contributed by atoms with Gasteiger partial charge in [-0.15, -0.1) is 0 Å². The van der Waals surface area contributed by atoms with E-state index in [-0.39, 0.29) is 29.0 Å². The van der Waals surface area contributed by atoms with Gasteiger partial charge in [0.05, 0.1) is 0 Å². The van der Waals surface area contributed by atoms with Crippen molar-refractivity contribution in [2.75, 3.05) is 6.54 Å². The van der Waals surface area contributed by atoms with Crippen molar-refractivity contribution in [3.63, 3.8) is 0 Å². The van der Waals surface area contributed by atoms with Crippen LogP contribution in [0, 0.1) is 0 Å². The van der Waals surface area contributed by atoms with Crippen molar-refractivity contribution in [1.29, 1.82) is 0 Å². The van der Waals surface area contributed by atoms with E-state index in [9.17, 15) is 4.79 Å². The summed E-state index contributed by atoms with van der Waals surface area (Å²) in [7, 11) is 0. The Bertz CT molecular complexity index is 66.1. The maximum absolute atomic E-state index is 10.1. The summed E-state index contributed by atoms with van der Waals surface area (Å²) < 4.78 is 0. The van der Waals surface area contributed by atoms with E-state index in [4.69, 9.17) is 0 Å². The molecule has 1 N–H and O–H groups in total. The average molecular weight is 111 g/mol. The van der Waals surface area contributed by atoms with E-state index >= 15 is 0 Å². The molecule has 1 aliphatic rings. The molecular weight excluding hydrogens is 102 g/mol. The highest BCUT2D eigenvalue weighted by Gasteiger charge is 2.05. The number of carbonyl (C=O) groups is 1. The van der Waals surface area contributed by atoms with E-state index in [0.29, 0.717) is 0 Å². The van der Waals surface area contributed by atoms with Crippen LogP contribution < -0.4 is 5.32 Å². The molecule has 1 amide bonds. The monoisotopic (exact) mass is 111 g/mol. The van der Waals surface area contributed by atoms with Crippen LogP contribution in [0.3, 0.4) is 0 Å². The Morgan fingerprint density at radius 1 is 1.57 bits per heavy atom. The van der Waals surface area contributed by atoms with Gasteiger partial charge in [-0.3, -0.25) is 4.79 Å². The standard InChI is InChI=1S/C4H7NO.Mg.2H/c6-4-2-1-3-5-4;;;/h1-3H2,(H,5,6);;;. The first kappa shape index (κ1) is 7.24. The minimum atomic E-state index is 0. The molecule has 2 nitrogen and oxygen atoms in total. The second-order valence-corrected chi connectivity index (χ2v) is 1.45. The fourth-order valence-corrected chi connectivity index (χ4v) is 0.565. The van der Waals surface area contributed by atoms with Crippen molar-refractivity contribution < 1.29 is 4.79 Å². The molecule has 0 unspecified atom stereocenters. The molecule has 0 bridgehead atoms. The molecule has 7 heavy (non-hydrogen) atoms. The van der Waals surface area contributed by atoms with Gasteiger partial charge in [-0.05, 0) is 6.42 Å². The van der Waals surface area contributed by atoms with Gasteiger partial charge >= 0.3 is 23.1 Å². The van der Waals surface area contributed by atoms with Crippen molar-refractivity contribution in [2.45, 2.75) is 12.8 Å². The normalized spacial score (nSPS) is 18.0. The first-order chi connectivity index (χ1) is 2.89. The summed E-state index contributed by atoms with van der Waals surface area (Å²) in [5.41, 5.74) is 0. The summed E-state index contributed by atoms with van der Waals surface area (Å²) in [6.45, 7) is 0.888. The molecule has 38 valence electrons. The number of hydrogen-bond donors (Lipinski definition) is 1. The fraction of sp³-hybridized carbons (Fsp3) is 0.750. The third-order valence-corrected chi connectivity index (χ3v) is 0.903. The third-order valence-electron chi connectivity index (χ3n) is 0.903. The van der Waals surface area contributed by atoms with Gasteiger partial charge in [-0.25, -0.2) is 0 Å². The first-order valence-electron chi connectivity index (χ1n) is 2.16. The van der Waals surface area contributed by atoms with Gasteiger partial charge in [-0.2, -0.15) is 0 Å². The van der Waals surface area contributed by atoms with Gasteiger partial charge in [0, 0.05) is 13.0 Å². The summed E-state index contributed by atoms with van der Waals surface area (Å²) in [4.78, 5) is 10.1. The Hall–Kier alpha value is 0.236. The molecule has 1 rings (SSSR count). The summed E-state index contributed by atoms with van der Waals surface area (Å²) in [5.74, 6) is 0.204. The lowest BCUT2D eigenvalue weighted by Gasteiger charge is -1.80. The van der Waals surface area contributed by atoms with Gasteiger partial charge in [0.25, 0.3) is 0 Å². The lowest BCUT2D eigenvalue weighted by Crippen LogP contribution is -2.12. The highest BCUT2D eigenvalue weighted by Crippen LogP contribution is 1.93. The molecule has 0 aromatic rings. The molecule has 0 spiro atoms. The zero-order valence-electron chi connectivity index (χ0n) is 3.53. The van der Waals surface area contributed by atoms with Gasteiger partial charge in [0.15, 0.2) is 0 Å². The Morgan fingerprint density at radius 3 is 2.43 bits per heavy atom. The largest absolute Gasteiger partial charge is 0.356 e. The van der Waals surface area contributed by atoms with Gasteiger partial charge < -0.3 is 5.32 Å². The fourth-order valence-electron chi connectivity index (χ4n) is 0.565. The number of carbonyl (C=O) groups excluding carboxylic acids is 1. The van der Waals surface area contributed by atoms with E-state index < -0.39 is 0 Å². The Kier molecular flexibility index (Phi) is 3.38. The molecule has 0 radical (unpaired) electrons. The van der Waals surface area contributed by atoms with Crippen molar-refractivity contribution in [2.24, 2.45) is 0 Å². The molecule has 1 heterocycles. The molecule has 0 atom stereocenters. The van der Waals surface area contributed by atoms with E-state index in [2.05, 4.69) is 5.32 Å². The molecule has 0 aromatic carbocycles. The number of nitrogens with one attached hydrogen (secondary N) is 1. The lowest BCUT2D eigenvalue weighted by atomic mass is 10.4. The average Bonchev–Trinajstić information content (AvgIpc) is 1.86. The summed E-state index contributed by atoms with van der Waals surface area (Å²) in [5, 5.41) is 2.68. The summed E-state index contributed by atoms with van der Waals surface area (Å²) in [6.07, 6.45) is 1.76. The third kappa shape index (κ3) is 2.14. The second kappa shape index (κ2) is 3.27. The van der Waals surface area contributed by atoms with Gasteiger partial charge in [0.2, 0.25) is 5.91 Å². The maximum atomic E-state index is 10.1. The smallest absolute Gasteiger partial charge is 0.316 e. The Labute approximate surface area is 58.8 Å². The summed E-state index contributed by atoms with van der Waals surface area (Å²) >= 11 is 0. The first-order valence-corrected chi connectivity index (χ1v) is 2.16. The molecule has 3 heteroatoms. The van der Waals surface area contributed by atoms with Crippen LogP contribution in [-0.2, 0) is 4.79 Å². The molecule has 1 saturated heterocycles. The van der Waals surface area contributed by atoms with Crippen LogP contribution >= 0.6 is 0 Å². The van der Waals surface area contributed by atoms with Crippen LogP contribution in [0.5, 0.6) is 0 Å². The highest BCUT2D eigenvalue weighted by molar-refractivity contribution is 5.77. The predicted molar refractivity (Wildman–Crippen MR) is 30.8 cm³/mol. The number of hydrogen-bond acceptors (Lipinski definition) is 1. The maximum Gasteiger partial charge on any atom is 0.316 e. The number of amides is 1. The van der Waals surface area contributed by atoms with Crippen LogP contribution in [0.4, 0.5) is 0 Å². The van der Waals surface area contributed by atoms with Crippen LogP contribution in [0.1, 0.15) is 12.8 Å². The molecular formula is C4H9MgNO. The van der Waals surface area contributed by atoms with E-state index in [1.807, 2.05) is 0 Å². The molecule has 0 aromatic heterocycles. The Morgan fingerprint density at radius 2 is 2.29 bits per heavy atom. The number of rotatable bonds is 0.